The van der Waals surface area contributed by atoms with Gasteiger partial charge in [0.25, 0.3) is 0 Å². The fourth-order valence-corrected chi connectivity index (χ4v) is 1.54. The zero-order valence-electron chi connectivity index (χ0n) is 10.3. The van der Waals surface area contributed by atoms with Crippen LogP contribution in [0.2, 0.25) is 0 Å². The summed E-state index contributed by atoms with van der Waals surface area (Å²) in [5.74, 6) is -1.36. The Morgan fingerprint density at radius 1 is 1.33 bits per heavy atom. The molecule has 0 aliphatic heterocycles. The summed E-state index contributed by atoms with van der Waals surface area (Å²) in [6.45, 7) is 0.483. The molecular formula is C13H17NO4. The van der Waals surface area contributed by atoms with Crippen molar-refractivity contribution in [1.29, 1.82) is 0 Å². The van der Waals surface area contributed by atoms with Crippen molar-refractivity contribution >= 4 is 11.9 Å². The molecular weight excluding hydrogens is 234 g/mol. The first-order chi connectivity index (χ1) is 8.65. The number of carboxylic acid groups (broad SMARTS) is 1. The molecule has 5 heteroatoms. The summed E-state index contributed by atoms with van der Waals surface area (Å²) in [6.07, 6.45) is 0.827. The second kappa shape index (κ2) is 7.45. The van der Waals surface area contributed by atoms with Crippen LogP contribution in [-0.2, 0) is 14.3 Å². The molecule has 0 heterocycles. The molecule has 0 fully saturated rings. The van der Waals surface area contributed by atoms with E-state index in [1.165, 1.54) is 0 Å². The van der Waals surface area contributed by atoms with Crippen molar-refractivity contribution in [2.75, 3.05) is 13.7 Å². The Bertz CT molecular complexity index is 391. The second-order valence-electron chi connectivity index (χ2n) is 3.85. The van der Waals surface area contributed by atoms with E-state index in [-0.39, 0.29) is 12.3 Å². The third-order valence-corrected chi connectivity index (χ3v) is 2.44. The number of ether oxygens (including phenoxy) is 1. The number of carbonyl (C=O) groups is 2. The van der Waals surface area contributed by atoms with Crippen LogP contribution in [0.1, 0.15) is 24.4 Å². The van der Waals surface area contributed by atoms with Crippen molar-refractivity contribution in [2.45, 2.75) is 18.9 Å². The van der Waals surface area contributed by atoms with Crippen LogP contribution < -0.4 is 5.32 Å². The smallest absolute Gasteiger partial charge is 0.330 e. The van der Waals surface area contributed by atoms with Crippen molar-refractivity contribution in [3.05, 3.63) is 35.9 Å². The molecule has 0 aromatic heterocycles. The number of benzene rings is 1. The Kier molecular flexibility index (Phi) is 5.87. The van der Waals surface area contributed by atoms with Crippen LogP contribution in [-0.4, -0.2) is 30.7 Å². The molecule has 0 spiro atoms. The number of carboxylic acids is 1. The fourth-order valence-electron chi connectivity index (χ4n) is 1.54. The zero-order chi connectivity index (χ0) is 13.4. The Morgan fingerprint density at radius 3 is 2.56 bits per heavy atom. The van der Waals surface area contributed by atoms with Gasteiger partial charge >= 0.3 is 5.97 Å². The van der Waals surface area contributed by atoms with Crippen molar-refractivity contribution in [3.63, 3.8) is 0 Å². The van der Waals surface area contributed by atoms with Crippen LogP contribution in [0.15, 0.2) is 30.3 Å². The molecule has 1 unspecified atom stereocenters. The summed E-state index contributed by atoms with van der Waals surface area (Å²) in [5.41, 5.74) is 0.560. The summed E-state index contributed by atoms with van der Waals surface area (Å²) in [6, 6.07) is 7.62. The van der Waals surface area contributed by atoms with Gasteiger partial charge in [-0.05, 0) is 12.0 Å². The molecule has 0 saturated heterocycles. The van der Waals surface area contributed by atoms with Gasteiger partial charge in [-0.3, -0.25) is 4.79 Å². The number of aliphatic carboxylic acids is 1. The molecule has 5 nitrogen and oxygen atoms in total. The van der Waals surface area contributed by atoms with Gasteiger partial charge < -0.3 is 15.2 Å². The van der Waals surface area contributed by atoms with Gasteiger partial charge in [0.15, 0.2) is 6.04 Å². The van der Waals surface area contributed by atoms with Gasteiger partial charge in [-0.15, -0.1) is 0 Å². The van der Waals surface area contributed by atoms with E-state index in [2.05, 4.69) is 5.32 Å². The molecule has 1 amide bonds. The molecule has 0 radical (unpaired) electrons. The van der Waals surface area contributed by atoms with E-state index < -0.39 is 12.0 Å². The quantitative estimate of drug-likeness (QED) is 0.717. The molecule has 0 saturated carbocycles. The Hall–Kier alpha value is -1.88. The third-order valence-electron chi connectivity index (χ3n) is 2.44. The molecule has 18 heavy (non-hydrogen) atoms. The highest BCUT2D eigenvalue weighted by molar-refractivity contribution is 5.84. The average Bonchev–Trinajstić information content (AvgIpc) is 2.37. The third kappa shape index (κ3) is 4.55. The van der Waals surface area contributed by atoms with Crippen LogP contribution in [0.25, 0.3) is 0 Å². The summed E-state index contributed by atoms with van der Waals surface area (Å²) in [4.78, 5) is 22.7. The number of nitrogens with one attached hydrogen (secondary N) is 1. The zero-order valence-corrected chi connectivity index (χ0v) is 10.3. The van der Waals surface area contributed by atoms with Gasteiger partial charge in [0, 0.05) is 20.1 Å². The van der Waals surface area contributed by atoms with Gasteiger partial charge in [-0.25, -0.2) is 4.79 Å². The monoisotopic (exact) mass is 251 g/mol. The summed E-state index contributed by atoms with van der Waals surface area (Å²) < 4.78 is 4.83. The van der Waals surface area contributed by atoms with E-state index in [9.17, 15) is 9.59 Å². The minimum Gasteiger partial charge on any atom is -0.479 e. The number of hydrogen-bond acceptors (Lipinski definition) is 3. The number of rotatable bonds is 7. The Labute approximate surface area is 106 Å². The molecule has 0 aliphatic carbocycles. The highest BCUT2D eigenvalue weighted by Gasteiger charge is 2.21. The van der Waals surface area contributed by atoms with Crippen molar-refractivity contribution in [3.8, 4) is 0 Å². The molecule has 1 aromatic rings. The SMILES string of the molecule is COCCCC(=O)NC(C(=O)O)c1ccccc1. The maximum absolute atomic E-state index is 11.6. The predicted octanol–water partition coefficient (Wildman–Crippen LogP) is 1.36. The Balaban J connectivity index is 2.59. The highest BCUT2D eigenvalue weighted by Crippen LogP contribution is 2.12. The molecule has 0 bridgehead atoms. The molecule has 1 atom stereocenters. The predicted molar refractivity (Wildman–Crippen MR) is 66.1 cm³/mol. The van der Waals surface area contributed by atoms with Gasteiger partial charge in [0.1, 0.15) is 0 Å². The summed E-state index contributed by atoms with van der Waals surface area (Å²) in [7, 11) is 1.56. The lowest BCUT2D eigenvalue weighted by molar-refractivity contribution is -0.142. The number of carbonyl (C=O) groups excluding carboxylic acids is 1. The number of hydrogen-bond donors (Lipinski definition) is 2. The number of amides is 1. The molecule has 1 rings (SSSR count). The van der Waals surface area contributed by atoms with Crippen LogP contribution in [0.5, 0.6) is 0 Å². The van der Waals surface area contributed by atoms with Gasteiger partial charge in [-0.2, -0.15) is 0 Å². The van der Waals surface area contributed by atoms with Crippen molar-refractivity contribution in [1.82, 2.24) is 5.32 Å². The summed E-state index contributed by atoms with van der Waals surface area (Å²) >= 11 is 0. The topological polar surface area (TPSA) is 75.6 Å². The first-order valence-corrected chi connectivity index (χ1v) is 5.71. The van der Waals surface area contributed by atoms with Crippen LogP contribution in [0.4, 0.5) is 0 Å². The second-order valence-corrected chi connectivity index (χ2v) is 3.85. The van der Waals surface area contributed by atoms with Gasteiger partial charge in [0.05, 0.1) is 0 Å². The largest absolute Gasteiger partial charge is 0.479 e. The van der Waals surface area contributed by atoms with Crippen molar-refractivity contribution in [2.24, 2.45) is 0 Å². The first kappa shape index (κ1) is 14.2. The minimum atomic E-state index is -1.07. The number of methoxy groups -OCH3 is 1. The molecule has 1 aromatic carbocycles. The van der Waals surface area contributed by atoms with E-state index >= 15 is 0 Å². The standard InChI is InChI=1S/C13H17NO4/c1-18-9-5-8-11(15)14-12(13(16)17)10-6-3-2-4-7-10/h2-4,6-7,12H,5,8-9H2,1H3,(H,14,15)(H,16,17). The normalized spacial score (nSPS) is 11.8. The lowest BCUT2D eigenvalue weighted by Crippen LogP contribution is -2.33. The molecule has 98 valence electrons. The van der Waals surface area contributed by atoms with E-state index in [0.29, 0.717) is 18.6 Å². The Morgan fingerprint density at radius 2 is 2.00 bits per heavy atom. The maximum atomic E-state index is 11.6. The van der Waals surface area contributed by atoms with Gasteiger partial charge in [0.2, 0.25) is 5.91 Å². The highest BCUT2D eigenvalue weighted by atomic mass is 16.5. The summed E-state index contributed by atoms with van der Waals surface area (Å²) in [5, 5.41) is 11.6. The van der Waals surface area contributed by atoms with E-state index in [4.69, 9.17) is 9.84 Å². The lowest BCUT2D eigenvalue weighted by atomic mass is 10.1. The minimum absolute atomic E-state index is 0.254. The fraction of sp³-hybridized carbons (Fsp3) is 0.385. The van der Waals surface area contributed by atoms with E-state index in [1.807, 2.05) is 0 Å². The van der Waals surface area contributed by atoms with Crippen LogP contribution >= 0.6 is 0 Å². The average molecular weight is 251 g/mol. The van der Waals surface area contributed by atoms with Gasteiger partial charge in [-0.1, -0.05) is 30.3 Å². The van der Waals surface area contributed by atoms with E-state index in [0.717, 1.165) is 0 Å². The van der Waals surface area contributed by atoms with E-state index in [1.54, 1.807) is 37.4 Å². The van der Waals surface area contributed by atoms with Crippen molar-refractivity contribution < 1.29 is 19.4 Å². The van der Waals surface area contributed by atoms with Crippen LogP contribution in [0.3, 0.4) is 0 Å². The lowest BCUT2D eigenvalue weighted by Gasteiger charge is -2.14. The maximum Gasteiger partial charge on any atom is 0.330 e. The van der Waals surface area contributed by atoms with Crippen LogP contribution in [0, 0.1) is 0 Å². The molecule has 0 aliphatic rings. The molecule has 2 N–H and O–H groups in total. The first-order valence-electron chi connectivity index (χ1n) is 5.71.